The molecule has 1 fully saturated rings. The lowest BCUT2D eigenvalue weighted by Crippen LogP contribution is -2.37. The molecule has 94 valence electrons. The minimum absolute atomic E-state index is 0.131. The SMILES string of the molecule is O=C(NC1CCCCC1)OCCS(=O)(=O)O. The smallest absolute Gasteiger partial charge is 0.407 e. The Labute approximate surface area is 95.1 Å². The van der Waals surface area contributed by atoms with Gasteiger partial charge in [0.1, 0.15) is 12.4 Å². The number of alkyl carbamates (subject to hydrolysis) is 1. The standard InChI is InChI=1S/C9H17NO5S/c11-9(15-6-7-16(12,13)14)10-8-4-2-1-3-5-8/h8H,1-7H2,(H,10,11)(H,12,13,14). The average Bonchev–Trinajstić information content (AvgIpc) is 2.17. The van der Waals surface area contributed by atoms with Gasteiger partial charge in [0.05, 0.1) is 0 Å². The highest BCUT2D eigenvalue weighted by atomic mass is 32.2. The molecule has 7 heteroatoms. The van der Waals surface area contributed by atoms with Crippen molar-refractivity contribution < 1.29 is 22.5 Å². The van der Waals surface area contributed by atoms with Gasteiger partial charge in [-0.25, -0.2) is 4.79 Å². The fourth-order valence-electron chi connectivity index (χ4n) is 1.69. The molecule has 0 saturated heterocycles. The fourth-order valence-corrected chi connectivity index (χ4v) is 1.99. The maximum absolute atomic E-state index is 11.2. The number of carbonyl (C=O) groups is 1. The van der Waals surface area contributed by atoms with Crippen molar-refractivity contribution in [3.63, 3.8) is 0 Å². The van der Waals surface area contributed by atoms with Crippen molar-refractivity contribution in [2.45, 2.75) is 38.1 Å². The van der Waals surface area contributed by atoms with Crippen LogP contribution in [-0.4, -0.2) is 37.5 Å². The molecule has 1 rings (SSSR count). The maximum atomic E-state index is 11.2. The van der Waals surface area contributed by atoms with Gasteiger partial charge in [-0.2, -0.15) is 8.42 Å². The summed E-state index contributed by atoms with van der Waals surface area (Å²) in [6.07, 6.45) is 4.64. The van der Waals surface area contributed by atoms with Crippen molar-refractivity contribution in [2.24, 2.45) is 0 Å². The predicted octanol–water partition coefficient (Wildman–Crippen LogP) is 0.933. The third-order valence-corrected chi connectivity index (χ3v) is 3.18. The van der Waals surface area contributed by atoms with Crippen LogP contribution in [0.15, 0.2) is 0 Å². The quantitative estimate of drug-likeness (QED) is 0.725. The lowest BCUT2D eigenvalue weighted by atomic mass is 9.96. The van der Waals surface area contributed by atoms with Crippen LogP contribution in [0.2, 0.25) is 0 Å². The monoisotopic (exact) mass is 251 g/mol. The van der Waals surface area contributed by atoms with Crippen LogP contribution in [0.25, 0.3) is 0 Å². The van der Waals surface area contributed by atoms with Crippen molar-refractivity contribution in [3.8, 4) is 0 Å². The largest absolute Gasteiger partial charge is 0.448 e. The van der Waals surface area contributed by atoms with Crippen LogP contribution in [0.5, 0.6) is 0 Å². The van der Waals surface area contributed by atoms with E-state index >= 15 is 0 Å². The minimum atomic E-state index is -4.06. The Morgan fingerprint density at radius 1 is 1.31 bits per heavy atom. The summed E-state index contributed by atoms with van der Waals surface area (Å²) in [6, 6.07) is 0.131. The number of hydrogen-bond donors (Lipinski definition) is 2. The van der Waals surface area contributed by atoms with E-state index in [1.165, 1.54) is 6.42 Å². The van der Waals surface area contributed by atoms with Crippen LogP contribution < -0.4 is 5.32 Å². The number of hydrogen-bond acceptors (Lipinski definition) is 4. The van der Waals surface area contributed by atoms with Crippen LogP contribution in [-0.2, 0) is 14.9 Å². The second-order valence-corrected chi connectivity index (χ2v) is 5.47. The molecule has 6 nitrogen and oxygen atoms in total. The second kappa shape index (κ2) is 6.05. The van der Waals surface area contributed by atoms with E-state index < -0.39 is 22.0 Å². The minimum Gasteiger partial charge on any atom is -0.448 e. The molecule has 0 aromatic heterocycles. The van der Waals surface area contributed by atoms with Crippen LogP contribution in [0.3, 0.4) is 0 Å². The van der Waals surface area contributed by atoms with Gasteiger partial charge >= 0.3 is 6.09 Å². The fraction of sp³-hybridized carbons (Fsp3) is 0.889. The van der Waals surface area contributed by atoms with Gasteiger partial charge in [-0.15, -0.1) is 0 Å². The molecule has 0 unspecified atom stereocenters. The molecule has 1 aliphatic rings. The predicted molar refractivity (Wildman–Crippen MR) is 57.8 cm³/mol. The Hall–Kier alpha value is -0.820. The summed E-state index contributed by atoms with van der Waals surface area (Å²) in [6.45, 7) is -0.322. The maximum Gasteiger partial charge on any atom is 0.407 e. The Morgan fingerprint density at radius 3 is 2.50 bits per heavy atom. The van der Waals surface area contributed by atoms with Gasteiger partial charge in [-0.05, 0) is 12.8 Å². The summed E-state index contributed by atoms with van der Waals surface area (Å²) in [5.74, 6) is -0.564. The third kappa shape index (κ3) is 5.92. The van der Waals surface area contributed by atoms with Gasteiger partial charge in [0, 0.05) is 6.04 Å². The molecule has 0 bridgehead atoms. The van der Waals surface area contributed by atoms with E-state index in [-0.39, 0.29) is 12.6 Å². The molecule has 0 aromatic carbocycles. The van der Waals surface area contributed by atoms with Gasteiger partial charge in [0.25, 0.3) is 10.1 Å². The van der Waals surface area contributed by atoms with E-state index in [0.29, 0.717) is 0 Å². The molecule has 1 amide bonds. The number of rotatable bonds is 4. The van der Waals surface area contributed by atoms with Crippen molar-refractivity contribution >= 4 is 16.2 Å². The van der Waals surface area contributed by atoms with E-state index in [1.54, 1.807) is 0 Å². The van der Waals surface area contributed by atoms with Crippen molar-refractivity contribution in [3.05, 3.63) is 0 Å². The molecule has 0 atom stereocenters. The molecule has 0 spiro atoms. The number of carbonyl (C=O) groups excluding carboxylic acids is 1. The first kappa shape index (κ1) is 13.2. The Morgan fingerprint density at radius 2 is 1.94 bits per heavy atom. The van der Waals surface area contributed by atoms with Gasteiger partial charge in [0.2, 0.25) is 0 Å². The Kier molecular flexibility index (Phi) is 5.01. The number of amides is 1. The summed E-state index contributed by atoms with van der Waals surface area (Å²) in [4.78, 5) is 11.2. The van der Waals surface area contributed by atoms with Crippen LogP contribution in [0.4, 0.5) is 4.79 Å². The molecule has 0 radical (unpaired) electrons. The average molecular weight is 251 g/mol. The number of nitrogens with one attached hydrogen (secondary N) is 1. The summed E-state index contributed by atoms with van der Waals surface area (Å²) in [5.41, 5.74) is 0. The molecular formula is C9H17NO5S. The molecule has 0 heterocycles. The first-order chi connectivity index (χ1) is 7.47. The number of ether oxygens (including phenoxy) is 1. The first-order valence-electron chi connectivity index (χ1n) is 5.36. The van der Waals surface area contributed by atoms with E-state index in [2.05, 4.69) is 10.1 Å². The summed E-state index contributed by atoms with van der Waals surface area (Å²) in [7, 11) is -4.06. The summed E-state index contributed by atoms with van der Waals surface area (Å²) >= 11 is 0. The normalized spacial score (nSPS) is 18.1. The van der Waals surface area contributed by atoms with Gasteiger partial charge in [0.15, 0.2) is 0 Å². The van der Waals surface area contributed by atoms with Crippen molar-refractivity contribution in [1.82, 2.24) is 5.32 Å². The highest BCUT2D eigenvalue weighted by molar-refractivity contribution is 7.85. The first-order valence-corrected chi connectivity index (χ1v) is 6.97. The van der Waals surface area contributed by atoms with Crippen LogP contribution in [0, 0.1) is 0 Å². The molecule has 0 aliphatic heterocycles. The molecule has 16 heavy (non-hydrogen) atoms. The van der Waals surface area contributed by atoms with E-state index in [9.17, 15) is 13.2 Å². The molecule has 0 aromatic rings. The Balaban J connectivity index is 2.15. The molecular weight excluding hydrogens is 234 g/mol. The van der Waals surface area contributed by atoms with Crippen LogP contribution >= 0.6 is 0 Å². The van der Waals surface area contributed by atoms with E-state index in [0.717, 1.165) is 25.7 Å². The van der Waals surface area contributed by atoms with Crippen molar-refractivity contribution in [1.29, 1.82) is 0 Å². The van der Waals surface area contributed by atoms with Gasteiger partial charge in [-0.3, -0.25) is 4.55 Å². The lowest BCUT2D eigenvalue weighted by Gasteiger charge is -2.22. The molecule has 2 N–H and O–H groups in total. The van der Waals surface area contributed by atoms with Crippen LogP contribution in [0.1, 0.15) is 32.1 Å². The van der Waals surface area contributed by atoms with E-state index in [4.69, 9.17) is 4.55 Å². The summed E-state index contributed by atoms with van der Waals surface area (Å²) in [5, 5.41) is 2.67. The zero-order chi connectivity index (χ0) is 12.0. The molecule has 1 saturated carbocycles. The van der Waals surface area contributed by atoms with Crippen molar-refractivity contribution in [2.75, 3.05) is 12.4 Å². The zero-order valence-electron chi connectivity index (χ0n) is 9.02. The highest BCUT2D eigenvalue weighted by Crippen LogP contribution is 2.17. The van der Waals surface area contributed by atoms with Gasteiger partial charge < -0.3 is 10.1 Å². The lowest BCUT2D eigenvalue weighted by molar-refractivity contribution is 0.145. The zero-order valence-corrected chi connectivity index (χ0v) is 9.83. The Bertz CT molecular complexity index is 321. The third-order valence-electron chi connectivity index (χ3n) is 2.50. The van der Waals surface area contributed by atoms with Gasteiger partial charge in [-0.1, -0.05) is 19.3 Å². The second-order valence-electron chi connectivity index (χ2n) is 3.90. The summed E-state index contributed by atoms with van der Waals surface area (Å²) < 4.78 is 33.7. The molecule has 1 aliphatic carbocycles. The van der Waals surface area contributed by atoms with E-state index in [1.807, 2.05) is 0 Å². The topological polar surface area (TPSA) is 92.7 Å². The highest BCUT2D eigenvalue weighted by Gasteiger charge is 2.16.